The van der Waals surface area contributed by atoms with Crippen LogP contribution >= 0.6 is 0 Å². The SMILES string of the molecule is Cc1ccc2ccc(OCCC3CCCN3C)cc2c1. The van der Waals surface area contributed by atoms with Crippen LogP contribution in [0.3, 0.4) is 0 Å². The third kappa shape index (κ3) is 2.96. The second kappa shape index (κ2) is 5.84. The highest BCUT2D eigenvalue weighted by atomic mass is 16.5. The predicted molar refractivity (Wildman–Crippen MR) is 84.4 cm³/mol. The number of rotatable bonds is 4. The zero-order valence-corrected chi connectivity index (χ0v) is 12.4. The number of benzene rings is 2. The van der Waals surface area contributed by atoms with Crippen molar-refractivity contribution >= 4 is 10.8 Å². The van der Waals surface area contributed by atoms with E-state index in [2.05, 4.69) is 55.3 Å². The van der Waals surface area contributed by atoms with Crippen LogP contribution in [0.2, 0.25) is 0 Å². The van der Waals surface area contributed by atoms with E-state index >= 15 is 0 Å². The highest BCUT2D eigenvalue weighted by molar-refractivity contribution is 5.84. The molecule has 2 aromatic carbocycles. The van der Waals surface area contributed by atoms with Crippen LogP contribution in [0.5, 0.6) is 5.75 Å². The molecule has 1 aliphatic heterocycles. The van der Waals surface area contributed by atoms with E-state index in [1.54, 1.807) is 0 Å². The third-order valence-corrected chi connectivity index (χ3v) is 4.36. The molecule has 2 aromatic rings. The van der Waals surface area contributed by atoms with E-state index in [1.807, 2.05) is 0 Å². The first-order valence-electron chi connectivity index (χ1n) is 7.56. The maximum atomic E-state index is 5.94. The van der Waals surface area contributed by atoms with Crippen molar-refractivity contribution in [3.63, 3.8) is 0 Å². The van der Waals surface area contributed by atoms with Gasteiger partial charge in [0.25, 0.3) is 0 Å². The van der Waals surface area contributed by atoms with E-state index in [1.165, 1.54) is 35.7 Å². The van der Waals surface area contributed by atoms with Gasteiger partial charge in [-0.05, 0) is 62.7 Å². The lowest BCUT2D eigenvalue weighted by molar-refractivity contribution is 0.233. The number of hydrogen-bond donors (Lipinski definition) is 0. The average Bonchev–Trinajstić information content (AvgIpc) is 2.84. The van der Waals surface area contributed by atoms with E-state index in [4.69, 9.17) is 4.74 Å². The topological polar surface area (TPSA) is 12.5 Å². The highest BCUT2D eigenvalue weighted by Gasteiger charge is 2.20. The lowest BCUT2D eigenvalue weighted by Gasteiger charge is -2.19. The van der Waals surface area contributed by atoms with Gasteiger partial charge in [0.1, 0.15) is 5.75 Å². The van der Waals surface area contributed by atoms with Gasteiger partial charge in [-0.3, -0.25) is 0 Å². The molecule has 0 aliphatic carbocycles. The zero-order chi connectivity index (χ0) is 13.9. The first-order valence-corrected chi connectivity index (χ1v) is 7.56. The Kier molecular flexibility index (Phi) is 3.93. The first kappa shape index (κ1) is 13.4. The number of nitrogens with zero attached hydrogens (tertiary/aromatic N) is 1. The van der Waals surface area contributed by atoms with E-state index in [9.17, 15) is 0 Å². The van der Waals surface area contributed by atoms with Gasteiger partial charge in [0.05, 0.1) is 6.61 Å². The maximum absolute atomic E-state index is 5.94. The van der Waals surface area contributed by atoms with Crippen molar-refractivity contribution in [1.29, 1.82) is 0 Å². The Hall–Kier alpha value is -1.54. The van der Waals surface area contributed by atoms with E-state index in [-0.39, 0.29) is 0 Å². The summed E-state index contributed by atoms with van der Waals surface area (Å²) in [6.07, 6.45) is 3.77. The number of fused-ring (bicyclic) bond motifs is 1. The van der Waals surface area contributed by atoms with Crippen LogP contribution < -0.4 is 4.74 Å². The Labute approximate surface area is 121 Å². The summed E-state index contributed by atoms with van der Waals surface area (Å²) in [5.74, 6) is 0.990. The second-order valence-electron chi connectivity index (χ2n) is 5.93. The summed E-state index contributed by atoms with van der Waals surface area (Å²) in [6, 6.07) is 13.6. The summed E-state index contributed by atoms with van der Waals surface area (Å²) in [7, 11) is 2.22. The molecule has 0 amide bonds. The molecule has 2 heteroatoms. The summed E-state index contributed by atoms with van der Waals surface area (Å²) >= 11 is 0. The molecule has 0 N–H and O–H groups in total. The van der Waals surface area contributed by atoms with Gasteiger partial charge in [-0.25, -0.2) is 0 Å². The smallest absolute Gasteiger partial charge is 0.119 e. The Morgan fingerprint density at radius 1 is 1.15 bits per heavy atom. The molecule has 106 valence electrons. The summed E-state index contributed by atoms with van der Waals surface area (Å²) in [5.41, 5.74) is 1.29. The van der Waals surface area contributed by atoms with Crippen molar-refractivity contribution in [1.82, 2.24) is 4.90 Å². The van der Waals surface area contributed by atoms with Crippen LogP contribution in [-0.2, 0) is 0 Å². The molecule has 1 aliphatic rings. The Morgan fingerprint density at radius 3 is 2.80 bits per heavy atom. The fourth-order valence-electron chi connectivity index (χ4n) is 3.09. The number of aryl methyl sites for hydroxylation is 1. The van der Waals surface area contributed by atoms with Gasteiger partial charge >= 0.3 is 0 Å². The molecule has 2 nitrogen and oxygen atoms in total. The van der Waals surface area contributed by atoms with Gasteiger partial charge in [0.2, 0.25) is 0 Å². The van der Waals surface area contributed by atoms with E-state index in [0.717, 1.165) is 18.8 Å². The van der Waals surface area contributed by atoms with Gasteiger partial charge in [-0.2, -0.15) is 0 Å². The minimum Gasteiger partial charge on any atom is -0.494 e. The quantitative estimate of drug-likeness (QED) is 0.831. The number of likely N-dealkylation sites (tertiary alicyclic amines) is 1. The van der Waals surface area contributed by atoms with Crippen LogP contribution in [0.25, 0.3) is 10.8 Å². The van der Waals surface area contributed by atoms with Crippen LogP contribution in [0.1, 0.15) is 24.8 Å². The van der Waals surface area contributed by atoms with Crippen molar-refractivity contribution in [2.24, 2.45) is 0 Å². The monoisotopic (exact) mass is 269 g/mol. The second-order valence-corrected chi connectivity index (χ2v) is 5.93. The van der Waals surface area contributed by atoms with Crippen molar-refractivity contribution in [2.45, 2.75) is 32.2 Å². The Bertz CT molecular complexity index is 593. The molecule has 0 radical (unpaired) electrons. The highest BCUT2D eigenvalue weighted by Crippen LogP contribution is 2.23. The lowest BCUT2D eigenvalue weighted by Crippen LogP contribution is -2.26. The van der Waals surface area contributed by atoms with Crippen LogP contribution in [0.15, 0.2) is 36.4 Å². The minimum atomic E-state index is 0.706. The maximum Gasteiger partial charge on any atom is 0.119 e. The third-order valence-electron chi connectivity index (χ3n) is 4.36. The molecule has 1 saturated heterocycles. The first-order chi connectivity index (χ1) is 9.72. The van der Waals surface area contributed by atoms with Crippen LogP contribution in [-0.4, -0.2) is 31.1 Å². The Balaban J connectivity index is 1.62. The molecule has 1 unspecified atom stereocenters. The van der Waals surface area contributed by atoms with Crippen LogP contribution in [0, 0.1) is 6.92 Å². The summed E-state index contributed by atoms with van der Waals surface area (Å²) in [4.78, 5) is 2.45. The largest absolute Gasteiger partial charge is 0.494 e. The minimum absolute atomic E-state index is 0.706. The Morgan fingerprint density at radius 2 is 2.00 bits per heavy atom. The van der Waals surface area contributed by atoms with Gasteiger partial charge in [-0.1, -0.05) is 29.8 Å². The molecule has 0 saturated carbocycles. The fourth-order valence-corrected chi connectivity index (χ4v) is 3.09. The molecular weight excluding hydrogens is 246 g/mol. The number of hydrogen-bond acceptors (Lipinski definition) is 2. The fraction of sp³-hybridized carbons (Fsp3) is 0.444. The van der Waals surface area contributed by atoms with E-state index in [0.29, 0.717) is 6.04 Å². The molecule has 3 rings (SSSR count). The molecule has 1 atom stereocenters. The van der Waals surface area contributed by atoms with Crippen LogP contribution in [0.4, 0.5) is 0 Å². The molecule has 0 aromatic heterocycles. The van der Waals surface area contributed by atoms with Crippen molar-refractivity contribution in [3.05, 3.63) is 42.0 Å². The van der Waals surface area contributed by atoms with E-state index < -0.39 is 0 Å². The summed E-state index contributed by atoms with van der Waals surface area (Å²) in [6.45, 7) is 4.18. The normalized spacial score (nSPS) is 19.6. The molecule has 1 fully saturated rings. The molecule has 1 heterocycles. The van der Waals surface area contributed by atoms with Gasteiger partial charge in [-0.15, -0.1) is 0 Å². The standard InChI is InChI=1S/C18H23NO/c1-14-5-6-15-7-8-18(13-16(15)12-14)20-11-9-17-4-3-10-19(17)2/h5-8,12-13,17H,3-4,9-11H2,1-2H3. The molecule has 0 bridgehead atoms. The summed E-state index contributed by atoms with van der Waals surface area (Å²) < 4.78 is 5.94. The predicted octanol–water partition coefficient (Wildman–Crippen LogP) is 4.01. The molecule has 20 heavy (non-hydrogen) atoms. The van der Waals surface area contributed by atoms with Crippen molar-refractivity contribution in [3.8, 4) is 5.75 Å². The summed E-state index contributed by atoms with van der Waals surface area (Å²) in [5, 5.41) is 2.54. The molecule has 0 spiro atoms. The van der Waals surface area contributed by atoms with Gasteiger partial charge < -0.3 is 9.64 Å². The van der Waals surface area contributed by atoms with Crippen molar-refractivity contribution in [2.75, 3.05) is 20.2 Å². The van der Waals surface area contributed by atoms with Gasteiger partial charge in [0.15, 0.2) is 0 Å². The lowest BCUT2D eigenvalue weighted by atomic mass is 10.1. The average molecular weight is 269 g/mol. The molecular formula is C18H23NO. The zero-order valence-electron chi connectivity index (χ0n) is 12.4. The van der Waals surface area contributed by atoms with Crippen molar-refractivity contribution < 1.29 is 4.74 Å². The number of ether oxygens (including phenoxy) is 1. The van der Waals surface area contributed by atoms with Gasteiger partial charge in [0, 0.05) is 6.04 Å².